The number of morpholine rings is 1. The Morgan fingerprint density at radius 2 is 2.16 bits per heavy atom. The van der Waals surface area contributed by atoms with Crippen molar-refractivity contribution < 1.29 is 15.4 Å². The van der Waals surface area contributed by atoms with Crippen LogP contribution < -0.4 is 16.0 Å². The van der Waals surface area contributed by atoms with Crippen LogP contribution >= 0.6 is 0 Å². The van der Waals surface area contributed by atoms with Crippen molar-refractivity contribution >= 4 is 17.1 Å². The summed E-state index contributed by atoms with van der Waals surface area (Å²) in [5.41, 5.74) is 5.44. The number of nitrogens with zero attached hydrogens (tertiary/aromatic N) is 2. The van der Waals surface area contributed by atoms with E-state index < -0.39 is 0 Å². The summed E-state index contributed by atoms with van der Waals surface area (Å²) in [5, 5.41) is 14.3. The fourth-order valence-corrected chi connectivity index (χ4v) is 2.08. The Morgan fingerprint density at radius 1 is 1.42 bits per heavy atom. The summed E-state index contributed by atoms with van der Waals surface area (Å²) < 4.78 is 5.28. The zero-order valence-corrected chi connectivity index (χ0v) is 10.8. The molecule has 7 heteroatoms. The first-order chi connectivity index (χ1) is 9.22. The van der Waals surface area contributed by atoms with Crippen LogP contribution in [0.2, 0.25) is 0 Å². The van der Waals surface area contributed by atoms with E-state index in [9.17, 15) is 10.1 Å². The van der Waals surface area contributed by atoms with Gasteiger partial charge in [0.2, 0.25) is 0 Å². The van der Waals surface area contributed by atoms with Crippen LogP contribution in [-0.4, -0.2) is 44.3 Å². The lowest BCUT2D eigenvalue weighted by Gasteiger charge is -2.28. The number of nitrogens with one attached hydrogen (secondary N) is 1. The number of benzene rings is 1. The normalized spacial score (nSPS) is 15.3. The molecule has 1 aliphatic heterocycles. The van der Waals surface area contributed by atoms with Gasteiger partial charge in [0.05, 0.1) is 31.2 Å². The van der Waals surface area contributed by atoms with E-state index in [1.165, 1.54) is 0 Å². The molecule has 1 fully saturated rings. The third-order valence-electron chi connectivity index (χ3n) is 3.03. The van der Waals surface area contributed by atoms with Crippen molar-refractivity contribution in [3.8, 4) is 0 Å². The average Bonchev–Trinajstić information content (AvgIpc) is 2.45. The maximum atomic E-state index is 11.1. The quantitative estimate of drug-likeness (QED) is 0.582. The number of nitro benzene ring substituents is 1. The van der Waals surface area contributed by atoms with Crippen molar-refractivity contribution in [2.45, 2.75) is 0 Å². The largest absolute Gasteiger partial charge is 0.379 e. The molecule has 0 bridgehead atoms. The predicted octanol–water partition coefficient (Wildman–Crippen LogP) is 0.0852. The molecule has 2 rings (SSSR count). The van der Waals surface area contributed by atoms with E-state index >= 15 is 0 Å². The Balaban J connectivity index is 2.27. The molecule has 0 radical (unpaired) electrons. The zero-order valence-electron chi connectivity index (χ0n) is 10.8. The fraction of sp³-hybridized carbons (Fsp3) is 0.500. The Morgan fingerprint density at radius 3 is 2.79 bits per heavy atom. The number of hydrogen-bond donors (Lipinski definition) is 2. The Hall–Kier alpha value is -1.86. The SMILES string of the molecule is [NH3+]CCNc1ccc([N+](=O)[O-])c(N2CCOCC2)c1. The zero-order chi connectivity index (χ0) is 13.7. The van der Waals surface area contributed by atoms with Crippen LogP contribution in [0.1, 0.15) is 0 Å². The number of anilines is 2. The second-order valence-corrected chi connectivity index (χ2v) is 4.34. The molecule has 1 saturated heterocycles. The third-order valence-corrected chi connectivity index (χ3v) is 3.03. The van der Waals surface area contributed by atoms with Crippen molar-refractivity contribution in [3.63, 3.8) is 0 Å². The number of hydrogen-bond acceptors (Lipinski definition) is 5. The standard InChI is InChI=1S/C12H18N4O3/c13-3-4-14-10-1-2-11(16(17)18)12(9-10)15-5-7-19-8-6-15/h1-2,9,14H,3-8,13H2/p+1. The van der Waals surface area contributed by atoms with Gasteiger partial charge < -0.3 is 20.7 Å². The molecule has 104 valence electrons. The van der Waals surface area contributed by atoms with Crippen LogP contribution in [0, 0.1) is 10.1 Å². The van der Waals surface area contributed by atoms with Gasteiger partial charge in [0.15, 0.2) is 0 Å². The summed E-state index contributed by atoms with van der Waals surface area (Å²) in [6.45, 7) is 4.09. The molecule has 1 aromatic carbocycles. The van der Waals surface area contributed by atoms with Gasteiger partial charge in [0, 0.05) is 24.8 Å². The highest BCUT2D eigenvalue weighted by atomic mass is 16.6. The first-order valence-electron chi connectivity index (χ1n) is 6.36. The third kappa shape index (κ3) is 3.33. The van der Waals surface area contributed by atoms with Gasteiger partial charge in [-0.15, -0.1) is 0 Å². The lowest BCUT2D eigenvalue weighted by molar-refractivity contribution is -0.384. The highest BCUT2D eigenvalue weighted by Crippen LogP contribution is 2.31. The molecule has 1 aromatic rings. The molecular formula is C12H19N4O3+. The minimum atomic E-state index is -0.337. The van der Waals surface area contributed by atoms with E-state index in [4.69, 9.17) is 4.74 Å². The van der Waals surface area contributed by atoms with Crippen LogP contribution in [-0.2, 0) is 4.74 Å². The van der Waals surface area contributed by atoms with Gasteiger partial charge in [-0.2, -0.15) is 0 Å². The molecular weight excluding hydrogens is 248 g/mol. The van der Waals surface area contributed by atoms with E-state index in [-0.39, 0.29) is 10.6 Å². The van der Waals surface area contributed by atoms with Gasteiger partial charge in [0.25, 0.3) is 5.69 Å². The lowest BCUT2D eigenvalue weighted by atomic mass is 10.2. The number of nitro groups is 1. The van der Waals surface area contributed by atoms with Crippen LogP contribution in [0.15, 0.2) is 18.2 Å². The summed E-state index contributed by atoms with van der Waals surface area (Å²) in [6.07, 6.45) is 0. The molecule has 0 atom stereocenters. The second kappa shape index (κ2) is 6.35. The minimum Gasteiger partial charge on any atom is -0.379 e. The van der Waals surface area contributed by atoms with Crippen molar-refractivity contribution in [1.29, 1.82) is 0 Å². The average molecular weight is 267 g/mol. The highest BCUT2D eigenvalue weighted by molar-refractivity contribution is 5.70. The predicted molar refractivity (Wildman–Crippen MR) is 72.4 cm³/mol. The van der Waals surface area contributed by atoms with Crippen molar-refractivity contribution in [1.82, 2.24) is 0 Å². The monoisotopic (exact) mass is 267 g/mol. The maximum Gasteiger partial charge on any atom is 0.292 e. The van der Waals surface area contributed by atoms with E-state index in [1.54, 1.807) is 12.1 Å². The summed E-state index contributed by atoms with van der Waals surface area (Å²) in [4.78, 5) is 12.8. The Kier molecular flexibility index (Phi) is 4.53. The minimum absolute atomic E-state index is 0.141. The molecule has 4 N–H and O–H groups in total. The first kappa shape index (κ1) is 13.6. The lowest BCUT2D eigenvalue weighted by Crippen LogP contribution is -2.53. The van der Waals surface area contributed by atoms with Crippen molar-refractivity contribution in [2.24, 2.45) is 0 Å². The number of rotatable bonds is 5. The van der Waals surface area contributed by atoms with E-state index in [1.807, 2.05) is 11.0 Å². The van der Waals surface area contributed by atoms with Gasteiger partial charge in [-0.05, 0) is 12.1 Å². The first-order valence-corrected chi connectivity index (χ1v) is 6.36. The van der Waals surface area contributed by atoms with Gasteiger partial charge in [0.1, 0.15) is 5.69 Å². The molecule has 19 heavy (non-hydrogen) atoms. The topological polar surface area (TPSA) is 95.3 Å². The molecule has 7 nitrogen and oxygen atoms in total. The van der Waals surface area contributed by atoms with Gasteiger partial charge in [-0.3, -0.25) is 10.1 Å². The summed E-state index contributed by atoms with van der Waals surface area (Å²) in [5.74, 6) is 0. The molecule has 1 heterocycles. The maximum absolute atomic E-state index is 11.1. The van der Waals surface area contributed by atoms with Crippen LogP contribution in [0.4, 0.5) is 17.1 Å². The second-order valence-electron chi connectivity index (χ2n) is 4.34. The molecule has 0 aliphatic carbocycles. The van der Waals surface area contributed by atoms with E-state index in [0.717, 1.165) is 18.8 Å². The van der Waals surface area contributed by atoms with Gasteiger partial charge >= 0.3 is 0 Å². The molecule has 0 amide bonds. The van der Waals surface area contributed by atoms with Crippen molar-refractivity contribution in [2.75, 3.05) is 49.6 Å². The van der Waals surface area contributed by atoms with E-state index in [0.29, 0.717) is 32.0 Å². The molecule has 0 unspecified atom stereocenters. The Labute approximate surface area is 111 Å². The smallest absolute Gasteiger partial charge is 0.292 e. The highest BCUT2D eigenvalue weighted by Gasteiger charge is 2.21. The summed E-state index contributed by atoms with van der Waals surface area (Å²) >= 11 is 0. The van der Waals surface area contributed by atoms with Gasteiger partial charge in [-0.1, -0.05) is 0 Å². The fourth-order valence-electron chi connectivity index (χ4n) is 2.08. The number of ether oxygens (including phenoxy) is 1. The van der Waals surface area contributed by atoms with Crippen molar-refractivity contribution in [3.05, 3.63) is 28.3 Å². The Bertz CT molecular complexity index is 447. The van der Waals surface area contributed by atoms with Crippen LogP contribution in [0.25, 0.3) is 0 Å². The molecule has 0 spiro atoms. The number of quaternary nitrogens is 1. The van der Waals surface area contributed by atoms with Gasteiger partial charge in [-0.25, -0.2) is 0 Å². The summed E-state index contributed by atoms with van der Waals surface area (Å²) in [6, 6.07) is 5.12. The van der Waals surface area contributed by atoms with Crippen LogP contribution in [0.3, 0.4) is 0 Å². The molecule has 0 saturated carbocycles. The summed E-state index contributed by atoms with van der Waals surface area (Å²) in [7, 11) is 0. The molecule has 1 aliphatic rings. The molecule has 0 aromatic heterocycles. The van der Waals surface area contributed by atoms with Crippen LogP contribution in [0.5, 0.6) is 0 Å². The van der Waals surface area contributed by atoms with E-state index in [2.05, 4.69) is 11.1 Å².